The van der Waals surface area contributed by atoms with Crippen molar-refractivity contribution in [3.8, 4) is 0 Å². The molecule has 1 aliphatic rings. The van der Waals surface area contributed by atoms with Crippen molar-refractivity contribution in [2.24, 2.45) is 0 Å². The van der Waals surface area contributed by atoms with E-state index in [9.17, 15) is 4.79 Å². The van der Waals surface area contributed by atoms with Crippen molar-refractivity contribution in [3.05, 3.63) is 59.0 Å². The van der Waals surface area contributed by atoms with Crippen LogP contribution in [0.5, 0.6) is 0 Å². The summed E-state index contributed by atoms with van der Waals surface area (Å²) in [4.78, 5) is 14.3. The lowest BCUT2D eigenvalue weighted by molar-refractivity contribution is -0.133. The van der Waals surface area contributed by atoms with Gasteiger partial charge in [-0.25, -0.2) is 0 Å². The van der Waals surface area contributed by atoms with Gasteiger partial charge in [0.1, 0.15) is 11.5 Å². The molecule has 21 heavy (non-hydrogen) atoms. The first-order valence-corrected chi connectivity index (χ1v) is 7.24. The van der Waals surface area contributed by atoms with E-state index in [1.165, 1.54) is 11.1 Å². The van der Waals surface area contributed by atoms with Gasteiger partial charge in [0.15, 0.2) is 0 Å². The van der Waals surface area contributed by atoms with Gasteiger partial charge < -0.3 is 14.6 Å². The second-order valence-electron chi connectivity index (χ2n) is 5.61. The molecule has 3 rings (SSSR count). The molecule has 1 aromatic heterocycles. The fourth-order valence-electron chi connectivity index (χ4n) is 2.78. The number of likely N-dealkylation sites (N-methyl/N-ethyl adjacent to an activating group) is 1. The Morgan fingerprint density at radius 2 is 2.05 bits per heavy atom. The number of fused-ring (bicyclic) bond motifs is 1. The fourth-order valence-corrected chi connectivity index (χ4v) is 2.78. The number of hydrogen-bond donors (Lipinski definition) is 1. The third-order valence-corrected chi connectivity index (χ3v) is 3.94. The summed E-state index contributed by atoms with van der Waals surface area (Å²) in [5.74, 6) is 1.80. The maximum absolute atomic E-state index is 12.5. The largest absolute Gasteiger partial charge is 0.464 e. The molecule has 110 valence electrons. The Balaban J connectivity index is 1.66. The quantitative estimate of drug-likeness (QED) is 0.940. The molecule has 0 bridgehead atoms. The SMILES string of the molecule is Cc1ccc(CN(C)C(=O)C2Cc3ccccc3CN2)o1. The lowest BCUT2D eigenvalue weighted by atomic mass is 9.95. The van der Waals surface area contributed by atoms with Gasteiger partial charge in [-0.05, 0) is 36.6 Å². The van der Waals surface area contributed by atoms with Gasteiger partial charge in [-0.1, -0.05) is 24.3 Å². The first-order chi connectivity index (χ1) is 10.1. The average Bonchev–Trinajstić information content (AvgIpc) is 2.91. The number of nitrogens with zero attached hydrogens (tertiary/aromatic N) is 1. The van der Waals surface area contributed by atoms with Gasteiger partial charge in [-0.2, -0.15) is 0 Å². The molecule has 0 fully saturated rings. The number of rotatable bonds is 3. The van der Waals surface area contributed by atoms with Crippen molar-refractivity contribution in [2.75, 3.05) is 7.05 Å². The summed E-state index contributed by atoms with van der Waals surface area (Å²) in [6.45, 7) is 3.16. The van der Waals surface area contributed by atoms with E-state index in [0.717, 1.165) is 24.5 Å². The predicted octanol–water partition coefficient (Wildman–Crippen LogP) is 2.26. The zero-order valence-electron chi connectivity index (χ0n) is 12.4. The van der Waals surface area contributed by atoms with E-state index in [0.29, 0.717) is 6.54 Å². The lowest BCUT2D eigenvalue weighted by Gasteiger charge is -2.28. The van der Waals surface area contributed by atoms with Crippen LogP contribution in [0.2, 0.25) is 0 Å². The molecule has 0 radical (unpaired) electrons. The van der Waals surface area contributed by atoms with Crippen LogP contribution in [0.1, 0.15) is 22.6 Å². The second-order valence-corrected chi connectivity index (χ2v) is 5.61. The maximum atomic E-state index is 12.5. The molecule has 0 aliphatic carbocycles. The molecule has 1 unspecified atom stereocenters. The van der Waals surface area contributed by atoms with Crippen LogP contribution < -0.4 is 5.32 Å². The average molecular weight is 284 g/mol. The highest BCUT2D eigenvalue weighted by Gasteiger charge is 2.26. The smallest absolute Gasteiger partial charge is 0.240 e. The molecule has 0 saturated carbocycles. The van der Waals surface area contributed by atoms with Gasteiger partial charge in [-0.15, -0.1) is 0 Å². The Labute approximate surface area is 124 Å². The Hall–Kier alpha value is -2.07. The Kier molecular flexibility index (Phi) is 3.80. The third-order valence-electron chi connectivity index (χ3n) is 3.94. The summed E-state index contributed by atoms with van der Waals surface area (Å²) in [7, 11) is 1.82. The van der Waals surface area contributed by atoms with Crippen molar-refractivity contribution in [1.29, 1.82) is 0 Å². The van der Waals surface area contributed by atoms with Crippen LogP contribution >= 0.6 is 0 Å². The van der Waals surface area contributed by atoms with Crippen LogP contribution in [0.4, 0.5) is 0 Å². The van der Waals surface area contributed by atoms with E-state index >= 15 is 0 Å². The minimum absolute atomic E-state index is 0.110. The highest BCUT2D eigenvalue weighted by Crippen LogP contribution is 2.18. The molecule has 2 heterocycles. The van der Waals surface area contributed by atoms with Crippen LogP contribution in [0.25, 0.3) is 0 Å². The Morgan fingerprint density at radius 3 is 2.76 bits per heavy atom. The minimum Gasteiger partial charge on any atom is -0.464 e. The number of carbonyl (C=O) groups is 1. The van der Waals surface area contributed by atoms with E-state index in [1.807, 2.05) is 38.2 Å². The lowest BCUT2D eigenvalue weighted by Crippen LogP contribution is -2.47. The van der Waals surface area contributed by atoms with Gasteiger partial charge >= 0.3 is 0 Å². The zero-order valence-corrected chi connectivity index (χ0v) is 12.4. The van der Waals surface area contributed by atoms with Gasteiger partial charge in [-0.3, -0.25) is 4.79 Å². The number of benzene rings is 1. The molecule has 4 heteroatoms. The molecule has 4 nitrogen and oxygen atoms in total. The van der Waals surface area contributed by atoms with Crippen molar-refractivity contribution < 1.29 is 9.21 Å². The summed E-state index contributed by atoms with van der Waals surface area (Å²) in [6.07, 6.45) is 0.747. The minimum atomic E-state index is -0.152. The Morgan fingerprint density at radius 1 is 1.29 bits per heavy atom. The van der Waals surface area contributed by atoms with Crippen LogP contribution in [0.3, 0.4) is 0 Å². The van der Waals surface area contributed by atoms with Crippen LogP contribution in [-0.4, -0.2) is 23.9 Å². The fraction of sp³-hybridized carbons (Fsp3) is 0.353. The number of nitrogens with one attached hydrogen (secondary N) is 1. The topological polar surface area (TPSA) is 45.5 Å². The monoisotopic (exact) mass is 284 g/mol. The number of carbonyl (C=O) groups excluding carboxylic acids is 1. The summed E-state index contributed by atoms with van der Waals surface area (Å²) >= 11 is 0. The molecule has 1 aliphatic heterocycles. The van der Waals surface area contributed by atoms with Gasteiger partial charge in [0, 0.05) is 13.6 Å². The van der Waals surface area contributed by atoms with E-state index in [4.69, 9.17) is 4.42 Å². The summed E-state index contributed by atoms with van der Waals surface area (Å²) < 4.78 is 5.53. The summed E-state index contributed by atoms with van der Waals surface area (Å²) in [5, 5.41) is 3.33. The molecule has 2 aromatic rings. The van der Waals surface area contributed by atoms with Crippen molar-refractivity contribution in [1.82, 2.24) is 10.2 Å². The van der Waals surface area contributed by atoms with E-state index < -0.39 is 0 Å². The van der Waals surface area contributed by atoms with Crippen molar-refractivity contribution >= 4 is 5.91 Å². The molecule has 0 spiro atoms. The molecule has 1 aromatic carbocycles. The van der Waals surface area contributed by atoms with E-state index in [1.54, 1.807) is 4.90 Å². The molecular weight excluding hydrogens is 264 g/mol. The maximum Gasteiger partial charge on any atom is 0.240 e. The van der Waals surface area contributed by atoms with Crippen LogP contribution in [0, 0.1) is 6.92 Å². The Bertz CT molecular complexity index is 648. The van der Waals surface area contributed by atoms with Crippen LogP contribution in [0.15, 0.2) is 40.8 Å². The zero-order chi connectivity index (χ0) is 14.8. The molecule has 1 N–H and O–H groups in total. The van der Waals surface area contributed by atoms with E-state index in [2.05, 4.69) is 17.4 Å². The second kappa shape index (κ2) is 5.74. The highest BCUT2D eigenvalue weighted by atomic mass is 16.3. The number of amides is 1. The standard InChI is InChI=1S/C17H20N2O2/c1-12-7-8-15(21-12)11-19(2)17(20)16-9-13-5-3-4-6-14(13)10-18-16/h3-8,16,18H,9-11H2,1-2H3. The molecule has 0 saturated heterocycles. The molecule has 1 amide bonds. The number of furan rings is 1. The van der Waals surface area contributed by atoms with E-state index in [-0.39, 0.29) is 11.9 Å². The third kappa shape index (κ3) is 3.00. The normalized spacial score (nSPS) is 17.3. The summed E-state index contributed by atoms with van der Waals surface area (Å²) in [6, 6.07) is 12.0. The number of hydrogen-bond acceptors (Lipinski definition) is 3. The summed E-state index contributed by atoms with van der Waals surface area (Å²) in [5.41, 5.74) is 2.54. The van der Waals surface area contributed by atoms with Gasteiger partial charge in [0.05, 0.1) is 12.6 Å². The number of aryl methyl sites for hydroxylation is 1. The predicted molar refractivity (Wildman–Crippen MR) is 80.7 cm³/mol. The van der Waals surface area contributed by atoms with Crippen LogP contribution in [-0.2, 0) is 24.3 Å². The van der Waals surface area contributed by atoms with Crippen molar-refractivity contribution in [3.63, 3.8) is 0 Å². The first kappa shape index (κ1) is 13.9. The van der Waals surface area contributed by atoms with Gasteiger partial charge in [0.25, 0.3) is 0 Å². The molecule has 1 atom stereocenters. The van der Waals surface area contributed by atoms with Crippen molar-refractivity contribution in [2.45, 2.75) is 32.5 Å². The first-order valence-electron chi connectivity index (χ1n) is 7.24. The molecular formula is C17H20N2O2. The van der Waals surface area contributed by atoms with Gasteiger partial charge in [0.2, 0.25) is 5.91 Å². The highest BCUT2D eigenvalue weighted by molar-refractivity contribution is 5.82.